The molecule has 0 radical (unpaired) electrons. The van der Waals surface area contributed by atoms with Crippen molar-refractivity contribution in [2.75, 3.05) is 0 Å². The smallest absolute Gasteiger partial charge is 0.0927 e. The van der Waals surface area contributed by atoms with Gasteiger partial charge in [0.1, 0.15) is 0 Å². The van der Waals surface area contributed by atoms with Crippen LogP contribution in [-0.4, -0.2) is 15.0 Å². The minimum absolute atomic E-state index is 0.490. The van der Waals surface area contributed by atoms with Gasteiger partial charge in [-0.15, -0.1) is 16.9 Å². The van der Waals surface area contributed by atoms with Crippen molar-refractivity contribution >= 4 is 30.3 Å². The molecule has 0 saturated carbocycles. The summed E-state index contributed by atoms with van der Waals surface area (Å²) in [7, 11) is -0.490. The van der Waals surface area contributed by atoms with Gasteiger partial charge in [-0.3, -0.25) is 0 Å². The molecule has 0 saturated heterocycles. The number of aromatic nitrogens is 3. The Morgan fingerprint density at radius 3 is 1.89 bits per heavy atom. The van der Waals surface area contributed by atoms with Crippen molar-refractivity contribution < 1.29 is 0 Å². The predicted molar refractivity (Wildman–Crippen MR) is 115 cm³/mol. The molecule has 0 N–H and O–H groups in total. The van der Waals surface area contributed by atoms with Gasteiger partial charge in [0.2, 0.25) is 0 Å². The largest absolute Gasteiger partial charge is 0.242 e. The molecule has 134 valence electrons. The summed E-state index contributed by atoms with van der Waals surface area (Å²) in [6, 6.07) is 31.8. The maximum absolute atomic E-state index is 4.44. The van der Waals surface area contributed by atoms with Gasteiger partial charge < -0.3 is 0 Å². The first-order valence-corrected chi connectivity index (χ1v) is 11.3. The van der Waals surface area contributed by atoms with Crippen LogP contribution in [0.5, 0.6) is 0 Å². The number of thioether (sulfide) groups is 1. The molecule has 0 aliphatic heterocycles. The van der Waals surface area contributed by atoms with Gasteiger partial charge in [0.25, 0.3) is 0 Å². The summed E-state index contributed by atoms with van der Waals surface area (Å²) < 4.78 is 1.93. The lowest BCUT2D eigenvalue weighted by atomic mass is 10.4. The van der Waals surface area contributed by atoms with Gasteiger partial charge >= 0.3 is 0 Å². The Kier molecular flexibility index (Phi) is 5.98. The van der Waals surface area contributed by atoms with Crippen molar-refractivity contribution in [1.29, 1.82) is 0 Å². The predicted octanol–water partition coefficient (Wildman–Crippen LogP) is 4.66. The summed E-state index contributed by atoms with van der Waals surface area (Å²) in [5.41, 5.74) is 1.04. The first-order chi connectivity index (χ1) is 13.4. The Bertz CT molecular complexity index is 919. The molecule has 5 heteroatoms. The second-order valence-corrected chi connectivity index (χ2v) is 9.32. The van der Waals surface area contributed by atoms with Crippen molar-refractivity contribution in [2.24, 2.45) is 0 Å². The molecular weight excluding hydrogens is 369 g/mol. The van der Waals surface area contributed by atoms with Crippen molar-refractivity contribution in [3.05, 3.63) is 103 Å². The Labute approximate surface area is 165 Å². The van der Waals surface area contributed by atoms with Gasteiger partial charge in [0, 0.05) is 17.3 Å². The molecule has 0 fully saturated rings. The fourth-order valence-electron chi connectivity index (χ4n) is 2.84. The van der Waals surface area contributed by atoms with Gasteiger partial charge in [0.15, 0.2) is 0 Å². The SMILES string of the molecule is c1ccc(SCn2cc(CP(c3ccccc3)c3ccccc3)nn2)cc1. The fourth-order valence-corrected chi connectivity index (χ4v) is 5.79. The Morgan fingerprint density at radius 2 is 1.30 bits per heavy atom. The number of benzene rings is 3. The summed E-state index contributed by atoms with van der Waals surface area (Å²) in [6.07, 6.45) is 2.98. The lowest BCUT2D eigenvalue weighted by molar-refractivity contribution is 0.700. The molecular formula is C22H20N3PS. The van der Waals surface area contributed by atoms with Crippen LogP contribution in [-0.2, 0) is 12.0 Å². The van der Waals surface area contributed by atoms with Crippen molar-refractivity contribution in [3.8, 4) is 0 Å². The second-order valence-electron chi connectivity index (χ2n) is 6.09. The molecule has 0 unspecified atom stereocenters. The Balaban J connectivity index is 1.50. The maximum atomic E-state index is 4.44. The zero-order valence-corrected chi connectivity index (χ0v) is 16.6. The average molecular weight is 389 g/mol. The standard InChI is InChI=1S/C22H20N3PS/c1-4-10-20(11-5-1)26(21-12-6-2-7-13-21)17-19-16-25(24-23-19)18-27-22-14-8-3-9-15-22/h1-16H,17-18H2. The van der Waals surface area contributed by atoms with E-state index in [-0.39, 0.29) is 0 Å². The van der Waals surface area contributed by atoms with Gasteiger partial charge in [-0.25, -0.2) is 4.68 Å². The van der Waals surface area contributed by atoms with E-state index in [1.54, 1.807) is 11.8 Å². The monoisotopic (exact) mass is 389 g/mol. The lowest BCUT2D eigenvalue weighted by Crippen LogP contribution is -2.13. The minimum Gasteiger partial charge on any atom is -0.242 e. The molecule has 3 aromatic carbocycles. The maximum Gasteiger partial charge on any atom is 0.0927 e. The lowest BCUT2D eigenvalue weighted by Gasteiger charge is -2.17. The Morgan fingerprint density at radius 1 is 0.741 bits per heavy atom. The summed E-state index contributed by atoms with van der Waals surface area (Å²) in [6.45, 7) is 0. The Hall–Kier alpha value is -2.42. The van der Waals surface area contributed by atoms with E-state index in [9.17, 15) is 0 Å². The normalized spacial score (nSPS) is 11.0. The number of hydrogen-bond acceptors (Lipinski definition) is 3. The van der Waals surface area contributed by atoms with E-state index in [0.29, 0.717) is 0 Å². The van der Waals surface area contributed by atoms with E-state index in [1.165, 1.54) is 15.5 Å². The molecule has 4 rings (SSSR count). The fraction of sp³-hybridized carbons (Fsp3) is 0.0909. The van der Waals surface area contributed by atoms with Gasteiger partial charge in [-0.05, 0) is 30.7 Å². The molecule has 0 aliphatic rings. The highest BCUT2D eigenvalue weighted by molar-refractivity contribution is 7.98. The molecule has 3 nitrogen and oxygen atoms in total. The number of hydrogen-bond donors (Lipinski definition) is 0. The van der Waals surface area contributed by atoms with Gasteiger partial charge in [-0.2, -0.15) is 0 Å². The zero-order chi connectivity index (χ0) is 18.3. The molecule has 27 heavy (non-hydrogen) atoms. The second kappa shape index (κ2) is 8.98. The van der Waals surface area contributed by atoms with E-state index in [2.05, 4.69) is 101 Å². The molecule has 0 aliphatic carbocycles. The van der Waals surface area contributed by atoms with Crippen molar-refractivity contribution in [1.82, 2.24) is 15.0 Å². The average Bonchev–Trinajstić information content (AvgIpc) is 3.20. The highest BCUT2D eigenvalue weighted by atomic mass is 32.2. The van der Waals surface area contributed by atoms with Crippen LogP contribution >= 0.6 is 19.7 Å². The summed E-state index contributed by atoms with van der Waals surface area (Å²) in [5.74, 6) is 0.769. The van der Waals surface area contributed by atoms with E-state index in [0.717, 1.165) is 17.7 Å². The zero-order valence-electron chi connectivity index (χ0n) is 14.8. The van der Waals surface area contributed by atoms with Crippen LogP contribution in [0.3, 0.4) is 0 Å². The third kappa shape index (κ3) is 4.85. The third-order valence-electron chi connectivity index (χ3n) is 4.15. The van der Waals surface area contributed by atoms with Crippen LogP contribution in [0.25, 0.3) is 0 Å². The van der Waals surface area contributed by atoms with E-state index in [4.69, 9.17) is 0 Å². The first-order valence-electron chi connectivity index (χ1n) is 8.83. The van der Waals surface area contributed by atoms with E-state index >= 15 is 0 Å². The molecule has 0 amide bonds. The van der Waals surface area contributed by atoms with Crippen LogP contribution < -0.4 is 10.6 Å². The summed E-state index contributed by atoms with van der Waals surface area (Å²) >= 11 is 1.76. The highest BCUT2D eigenvalue weighted by Gasteiger charge is 2.16. The van der Waals surface area contributed by atoms with Crippen LogP contribution in [0.15, 0.2) is 102 Å². The summed E-state index contributed by atoms with van der Waals surface area (Å²) in [4.78, 5) is 1.24. The van der Waals surface area contributed by atoms with Crippen molar-refractivity contribution in [2.45, 2.75) is 16.9 Å². The van der Waals surface area contributed by atoms with E-state index < -0.39 is 7.92 Å². The topological polar surface area (TPSA) is 30.7 Å². The molecule has 1 heterocycles. The molecule has 4 aromatic rings. The summed E-state index contributed by atoms with van der Waals surface area (Å²) in [5, 5.41) is 11.5. The van der Waals surface area contributed by atoms with Gasteiger partial charge in [-0.1, -0.05) is 84.1 Å². The number of rotatable bonds is 7. The van der Waals surface area contributed by atoms with Gasteiger partial charge in [0.05, 0.1) is 11.6 Å². The first kappa shape index (κ1) is 18.0. The van der Waals surface area contributed by atoms with Crippen LogP contribution in [0.4, 0.5) is 0 Å². The molecule has 0 spiro atoms. The molecule has 1 aromatic heterocycles. The van der Waals surface area contributed by atoms with E-state index in [1.807, 2.05) is 10.7 Å². The third-order valence-corrected chi connectivity index (χ3v) is 7.63. The number of nitrogens with zero attached hydrogens (tertiary/aromatic N) is 3. The van der Waals surface area contributed by atoms with Crippen LogP contribution in [0, 0.1) is 0 Å². The van der Waals surface area contributed by atoms with Crippen LogP contribution in [0.2, 0.25) is 0 Å². The highest BCUT2D eigenvalue weighted by Crippen LogP contribution is 2.37. The van der Waals surface area contributed by atoms with Crippen LogP contribution in [0.1, 0.15) is 5.69 Å². The minimum atomic E-state index is -0.490. The molecule has 0 atom stereocenters. The quantitative estimate of drug-likeness (QED) is 0.340. The molecule has 0 bridgehead atoms. The van der Waals surface area contributed by atoms with Crippen molar-refractivity contribution in [3.63, 3.8) is 0 Å².